The molecular weight excluding hydrogens is 884 g/mol. The number of rotatable bonds is 15. The molecule has 2 aliphatic carbocycles. The Kier molecular flexibility index (Phi) is 13.5. The van der Waals surface area contributed by atoms with Crippen molar-refractivity contribution in [2.45, 2.75) is 144 Å². The number of hydrogen-bond acceptors (Lipinski definition) is 9. The average molecular weight is 944 g/mol. The van der Waals surface area contributed by atoms with Gasteiger partial charge in [0.25, 0.3) is 5.91 Å². The SMILES string of the molecule is CCCOC(=O)[C@H](C)N[P@@](=O)(Oc1ccccc1)[C@H](F)c1ccc2sc(C(=O)N[C@H]3CC[C@H](N(C)C4CC(F)C4)C[C@H]4CC[C@@H](C(=O)N5C[C@H](c6ccccc6)CC56CC6)N4C3=O)cc2c1. The number of para-hydroxylation sites is 1. The first-order valence-electron chi connectivity index (χ1n) is 23.6. The Labute approximate surface area is 389 Å². The normalized spacial score (nSPS) is 27.6. The molecule has 4 aromatic rings. The second-order valence-corrected chi connectivity index (χ2v) is 22.3. The molecule has 8 atom stereocenters. The molecule has 3 amide bonds. The molecular formula is C50H60F2N5O7PS. The van der Waals surface area contributed by atoms with Crippen LogP contribution in [0.5, 0.6) is 5.75 Å². The van der Waals surface area contributed by atoms with E-state index < -0.39 is 49.6 Å². The Bertz CT molecular complexity index is 2470. The highest BCUT2D eigenvalue weighted by Crippen LogP contribution is 2.58. The van der Waals surface area contributed by atoms with Gasteiger partial charge in [-0.3, -0.25) is 23.7 Å². The number of hydrogen-bond donors (Lipinski definition) is 2. The van der Waals surface area contributed by atoms with E-state index in [1.165, 1.54) is 36.0 Å². The van der Waals surface area contributed by atoms with Gasteiger partial charge in [-0.15, -0.1) is 11.3 Å². The van der Waals surface area contributed by atoms with Gasteiger partial charge in [-0.1, -0.05) is 61.5 Å². The molecule has 5 fully saturated rings. The molecule has 66 heavy (non-hydrogen) atoms. The highest BCUT2D eigenvalue weighted by molar-refractivity contribution is 7.57. The molecule has 3 aromatic carbocycles. The van der Waals surface area contributed by atoms with Crippen molar-refractivity contribution in [2.24, 2.45) is 0 Å². The fourth-order valence-corrected chi connectivity index (χ4v) is 13.6. The lowest BCUT2D eigenvalue weighted by Crippen LogP contribution is -2.59. The molecule has 0 bridgehead atoms. The number of esters is 1. The van der Waals surface area contributed by atoms with E-state index in [0.29, 0.717) is 72.9 Å². The third-order valence-corrected chi connectivity index (χ3v) is 17.9. The summed E-state index contributed by atoms with van der Waals surface area (Å²) in [4.78, 5) is 63.1. The second-order valence-electron chi connectivity index (χ2n) is 19.1. The summed E-state index contributed by atoms with van der Waals surface area (Å²) in [5.41, 5.74) is 1.05. The smallest absolute Gasteiger partial charge is 0.355 e. The minimum Gasteiger partial charge on any atom is -0.465 e. The van der Waals surface area contributed by atoms with Crippen LogP contribution in [0.25, 0.3) is 10.1 Å². The number of ether oxygens (including phenoxy) is 1. The van der Waals surface area contributed by atoms with Crippen LogP contribution in [0.4, 0.5) is 8.78 Å². The van der Waals surface area contributed by atoms with Crippen molar-refractivity contribution >= 4 is 52.6 Å². The van der Waals surface area contributed by atoms with Gasteiger partial charge in [-0.05, 0) is 131 Å². The highest BCUT2D eigenvalue weighted by Gasteiger charge is 2.59. The molecule has 5 aliphatic rings. The predicted molar refractivity (Wildman–Crippen MR) is 250 cm³/mol. The standard InChI is InChI=1S/C50H60F2N5O7PS/c1-4-23-63-49(61)31(2)54-65(62,64-40-13-9-6-10-14-40)45(52)33-15-20-43-34(24-33)25-44(66-43)46(58)53-41-18-16-37(55(3)39-26-36(51)27-39)28-38-17-19-42(57(38)47(41)59)48(60)56-30-35(29-50(56)21-22-50)32-11-7-5-8-12-32/h5-15,20,24-25,31,35-39,41-42,45H,4,16-19,21-23,26-30H2,1-3H3,(H,53,58)(H,54,62)/t31-,35+,36?,37-,38+,39?,41-,42-,45-,65-/m0/s1. The molecule has 3 aliphatic heterocycles. The molecule has 16 heteroatoms. The van der Waals surface area contributed by atoms with Gasteiger partial charge < -0.3 is 29.3 Å². The molecule has 1 spiro atoms. The van der Waals surface area contributed by atoms with Crippen LogP contribution in [0.3, 0.4) is 0 Å². The van der Waals surface area contributed by atoms with Crippen LogP contribution in [0.15, 0.2) is 84.9 Å². The number of thiophene rings is 1. The lowest BCUT2D eigenvalue weighted by Gasteiger charge is -2.45. The van der Waals surface area contributed by atoms with Gasteiger partial charge in [0.1, 0.15) is 30.0 Å². The van der Waals surface area contributed by atoms with Gasteiger partial charge in [0, 0.05) is 40.8 Å². The Hall–Kier alpha value is -4.69. The molecule has 2 saturated carbocycles. The summed E-state index contributed by atoms with van der Waals surface area (Å²) < 4.78 is 56.9. The molecule has 2 N–H and O–H groups in total. The van der Waals surface area contributed by atoms with E-state index in [2.05, 4.69) is 32.3 Å². The third-order valence-electron chi connectivity index (χ3n) is 14.6. The maximum absolute atomic E-state index is 16.7. The number of carbonyl (C=O) groups excluding carboxylic acids is 4. The first kappa shape index (κ1) is 46.4. The first-order chi connectivity index (χ1) is 31.8. The first-order valence-corrected chi connectivity index (χ1v) is 26.1. The molecule has 0 radical (unpaired) electrons. The van der Waals surface area contributed by atoms with Crippen molar-refractivity contribution in [2.75, 3.05) is 20.2 Å². The Morgan fingerprint density at radius 3 is 2.38 bits per heavy atom. The van der Waals surface area contributed by atoms with Crippen LogP contribution in [0.2, 0.25) is 0 Å². The number of amides is 3. The van der Waals surface area contributed by atoms with Crippen molar-refractivity contribution < 1.29 is 41.8 Å². The summed E-state index contributed by atoms with van der Waals surface area (Å²) in [6.07, 6.45) is 6.34. The highest BCUT2D eigenvalue weighted by atomic mass is 32.1. The van der Waals surface area contributed by atoms with E-state index in [-0.39, 0.29) is 59.3 Å². The van der Waals surface area contributed by atoms with Crippen LogP contribution >= 0.6 is 18.9 Å². The monoisotopic (exact) mass is 943 g/mol. The Morgan fingerprint density at radius 2 is 1.68 bits per heavy atom. The Balaban J connectivity index is 0.952. The quantitative estimate of drug-likeness (QED) is 0.0884. The van der Waals surface area contributed by atoms with Gasteiger partial charge >= 0.3 is 13.5 Å². The van der Waals surface area contributed by atoms with Gasteiger partial charge in [0.2, 0.25) is 17.7 Å². The fourth-order valence-electron chi connectivity index (χ4n) is 10.7. The topological polar surface area (TPSA) is 138 Å². The van der Waals surface area contributed by atoms with Gasteiger partial charge in [0.05, 0.1) is 11.5 Å². The van der Waals surface area contributed by atoms with Crippen molar-refractivity contribution in [1.29, 1.82) is 0 Å². The summed E-state index contributed by atoms with van der Waals surface area (Å²) >= 11 is 1.18. The van der Waals surface area contributed by atoms with Gasteiger partial charge in [0.15, 0.2) is 0 Å². The summed E-state index contributed by atoms with van der Waals surface area (Å²) in [5.74, 6) is -3.28. The minimum absolute atomic E-state index is 0.0112. The van der Waals surface area contributed by atoms with E-state index in [1.54, 1.807) is 47.4 Å². The fraction of sp³-hybridized carbons (Fsp3) is 0.520. The summed E-state index contributed by atoms with van der Waals surface area (Å²) in [6, 6.07) is 21.9. The van der Waals surface area contributed by atoms with Crippen molar-refractivity contribution in [3.8, 4) is 5.75 Å². The maximum Gasteiger partial charge on any atom is 0.355 e. The molecule has 4 heterocycles. The molecule has 0 unspecified atom stereocenters. The van der Waals surface area contributed by atoms with E-state index in [9.17, 15) is 28.1 Å². The van der Waals surface area contributed by atoms with Crippen LogP contribution < -0.4 is 14.9 Å². The average Bonchev–Trinajstić information content (AvgIpc) is 3.58. The third kappa shape index (κ3) is 9.42. The van der Waals surface area contributed by atoms with Crippen molar-refractivity contribution in [3.05, 3.63) is 101 Å². The molecule has 9 rings (SSSR count). The zero-order chi connectivity index (χ0) is 46.3. The van der Waals surface area contributed by atoms with E-state index in [1.807, 2.05) is 32.2 Å². The number of nitrogens with zero attached hydrogens (tertiary/aromatic N) is 3. The van der Waals surface area contributed by atoms with Gasteiger partial charge in [-0.25, -0.2) is 13.9 Å². The molecule has 3 saturated heterocycles. The zero-order valence-corrected chi connectivity index (χ0v) is 39.5. The number of alkyl halides is 2. The van der Waals surface area contributed by atoms with E-state index >= 15 is 4.39 Å². The van der Waals surface area contributed by atoms with Crippen LogP contribution in [-0.2, 0) is 23.7 Å². The molecule has 12 nitrogen and oxygen atoms in total. The summed E-state index contributed by atoms with van der Waals surface area (Å²) in [5, 5.41) is 6.18. The van der Waals surface area contributed by atoms with E-state index in [4.69, 9.17) is 9.26 Å². The van der Waals surface area contributed by atoms with Crippen LogP contribution in [0, 0.1) is 0 Å². The van der Waals surface area contributed by atoms with E-state index in [0.717, 1.165) is 19.3 Å². The number of fused-ring (bicyclic) bond motifs is 2. The number of nitrogens with one attached hydrogen (secondary N) is 2. The zero-order valence-electron chi connectivity index (χ0n) is 37.8. The summed E-state index contributed by atoms with van der Waals surface area (Å²) in [6.45, 7) is 4.05. The minimum atomic E-state index is -4.48. The van der Waals surface area contributed by atoms with Crippen molar-refractivity contribution in [3.63, 3.8) is 0 Å². The van der Waals surface area contributed by atoms with Crippen LogP contribution in [0.1, 0.15) is 117 Å². The molecule has 1 aromatic heterocycles. The predicted octanol–water partition coefficient (Wildman–Crippen LogP) is 9.06. The number of carbonyl (C=O) groups is 4. The summed E-state index contributed by atoms with van der Waals surface area (Å²) in [7, 11) is -2.45. The largest absolute Gasteiger partial charge is 0.465 e. The molecule has 352 valence electrons. The van der Waals surface area contributed by atoms with Crippen LogP contribution in [-0.4, -0.2) is 107 Å². The maximum atomic E-state index is 16.7. The number of benzene rings is 3. The lowest BCUT2D eigenvalue weighted by molar-refractivity contribution is -0.148. The lowest BCUT2D eigenvalue weighted by atomic mass is 9.86. The Morgan fingerprint density at radius 1 is 0.955 bits per heavy atom. The number of halogens is 2. The van der Waals surface area contributed by atoms with Crippen molar-refractivity contribution in [1.82, 2.24) is 25.1 Å². The second kappa shape index (κ2) is 19.1. The van der Waals surface area contributed by atoms with Gasteiger partial charge in [-0.2, -0.15) is 0 Å². The number of likely N-dealkylation sites (tertiary alicyclic amines) is 1.